The van der Waals surface area contributed by atoms with Crippen LogP contribution in [-0.2, 0) is 10.4 Å². The zero-order valence-electron chi connectivity index (χ0n) is 8.23. The van der Waals surface area contributed by atoms with E-state index < -0.39 is 5.60 Å². The molecule has 0 aliphatic carbocycles. The van der Waals surface area contributed by atoms with E-state index in [1.54, 1.807) is 19.2 Å². The van der Waals surface area contributed by atoms with Crippen LogP contribution in [0.5, 0.6) is 5.75 Å². The van der Waals surface area contributed by atoms with E-state index in [9.17, 15) is 9.90 Å². The lowest BCUT2D eigenvalue weighted by Crippen LogP contribution is -2.21. The van der Waals surface area contributed by atoms with Crippen molar-refractivity contribution >= 4 is 6.29 Å². The van der Waals surface area contributed by atoms with Gasteiger partial charge in [0.25, 0.3) is 0 Å². The van der Waals surface area contributed by atoms with Crippen LogP contribution in [0.25, 0.3) is 0 Å². The van der Waals surface area contributed by atoms with Gasteiger partial charge in [0.05, 0.1) is 18.9 Å². The topological polar surface area (TPSA) is 59.4 Å². The molecule has 1 aromatic rings. The Labute approximate surface area is 82.5 Å². The van der Waals surface area contributed by atoms with Gasteiger partial charge in [-0.25, -0.2) is 0 Å². The van der Waals surface area contributed by atoms with Crippen LogP contribution >= 0.6 is 0 Å². The monoisotopic (exact) mass is 195 g/mol. The Bertz CT molecular complexity index is 323. The van der Waals surface area contributed by atoms with Gasteiger partial charge in [-0.15, -0.1) is 0 Å². The van der Waals surface area contributed by atoms with Gasteiger partial charge in [0.1, 0.15) is 12.0 Å². The third-order valence-corrected chi connectivity index (χ3v) is 2.05. The van der Waals surface area contributed by atoms with E-state index in [4.69, 9.17) is 4.74 Å². The van der Waals surface area contributed by atoms with Crippen molar-refractivity contribution in [3.05, 3.63) is 24.0 Å². The largest absolute Gasteiger partial charge is 0.495 e. The van der Waals surface area contributed by atoms with E-state index in [2.05, 4.69) is 4.98 Å². The lowest BCUT2D eigenvalue weighted by molar-refractivity contribution is -0.112. The molecule has 0 spiro atoms. The minimum atomic E-state index is -1.18. The Morgan fingerprint density at radius 3 is 2.93 bits per heavy atom. The summed E-state index contributed by atoms with van der Waals surface area (Å²) < 4.78 is 4.97. The van der Waals surface area contributed by atoms with Crippen LogP contribution < -0.4 is 4.74 Å². The molecular formula is C10H13NO3. The maximum Gasteiger partial charge on any atom is 0.137 e. The molecule has 0 aliphatic heterocycles. The molecule has 0 bridgehead atoms. The molecule has 1 unspecified atom stereocenters. The van der Waals surface area contributed by atoms with Crippen molar-refractivity contribution in [3.8, 4) is 5.75 Å². The van der Waals surface area contributed by atoms with E-state index in [0.717, 1.165) is 0 Å². The molecule has 1 N–H and O–H groups in total. The van der Waals surface area contributed by atoms with Crippen LogP contribution in [0.3, 0.4) is 0 Å². The fraction of sp³-hybridized carbons (Fsp3) is 0.400. The molecule has 1 heterocycles. The van der Waals surface area contributed by atoms with Crippen LogP contribution in [0.1, 0.15) is 18.9 Å². The summed E-state index contributed by atoms with van der Waals surface area (Å²) in [5.41, 5.74) is -0.604. The predicted molar refractivity (Wildman–Crippen MR) is 51.0 cm³/mol. The second kappa shape index (κ2) is 4.19. The van der Waals surface area contributed by atoms with Crippen molar-refractivity contribution in [3.63, 3.8) is 0 Å². The summed E-state index contributed by atoms with van der Waals surface area (Å²) in [6.07, 6.45) is 3.79. The number of nitrogens with zero attached hydrogens (tertiary/aromatic N) is 1. The first-order valence-corrected chi connectivity index (χ1v) is 4.25. The third kappa shape index (κ3) is 2.29. The maximum atomic E-state index is 10.3. The number of pyridine rings is 1. The zero-order chi connectivity index (χ0) is 10.6. The molecule has 4 heteroatoms. The molecule has 0 amide bonds. The summed E-state index contributed by atoms with van der Waals surface area (Å²) in [7, 11) is 1.52. The summed E-state index contributed by atoms with van der Waals surface area (Å²) in [6, 6.07) is 1.66. The van der Waals surface area contributed by atoms with Gasteiger partial charge in [-0.05, 0) is 13.0 Å². The summed E-state index contributed by atoms with van der Waals surface area (Å²) in [5.74, 6) is 0.564. The van der Waals surface area contributed by atoms with Crippen molar-refractivity contribution < 1.29 is 14.6 Å². The average molecular weight is 195 g/mol. The fourth-order valence-corrected chi connectivity index (χ4v) is 1.11. The molecule has 4 nitrogen and oxygen atoms in total. The van der Waals surface area contributed by atoms with E-state index in [-0.39, 0.29) is 6.42 Å². The van der Waals surface area contributed by atoms with Gasteiger partial charge in [-0.3, -0.25) is 4.98 Å². The van der Waals surface area contributed by atoms with Gasteiger partial charge in [0.2, 0.25) is 0 Å². The van der Waals surface area contributed by atoms with Gasteiger partial charge in [-0.1, -0.05) is 0 Å². The smallest absolute Gasteiger partial charge is 0.137 e. The number of carbonyl (C=O) groups excluding carboxylic acids is 1. The molecule has 0 saturated carbocycles. The molecule has 0 saturated heterocycles. The standard InChI is InChI=1S/C10H13NO3/c1-10(13,3-4-12)8-5-9(14-2)7-11-6-8/h4-7,13H,3H2,1-2H3. The molecule has 0 radical (unpaired) electrons. The number of hydrogen-bond donors (Lipinski definition) is 1. The first kappa shape index (κ1) is 10.7. The van der Waals surface area contributed by atoms with Crippen molar-refractivity contribution in [1.82, 2.24) is 4.98 Å². The molecule has 0 aromatic carbocycles. The quantitative estimate of drug-likeness (QED) is 0.725. The van der Waals surface area contributed by atoms with Crippen LogP contribution in [0.2, 0.25) is 0 Å². The molecule has 1 aromatic heterocycles. The number of methoxy groups -OCH3 is 1. The van der Waals surface area contributed by atoms with E-state index in [0.29, 0.717) is 17.6 Å². The van der Waals surface area contributed by atoms with E-state index in [1.165, 1.54) is 13.3 Å². The van der Waals surface area contributed by atoms with Crippen LogP contribution in [-0.4, -0.2) is 23.5 Å². The fourth-order valence-electron chi connectivity index (χ4n) is 1.11. The second-order valence-corrected chi connectivity index (χ2v) is 3.26. The SMILES string of the molecule is COc1cncc(C(C)(O)CC=O)c1. The van der Waals surface area contributed by atoms with E-state index >= 15 is 0 Å². The number of aromatic nitrogens is 1. The Balaban J connectivity index is 2.99. The van der Waals surface area contributed by atoms with Gasteiger partial charge in [0, 0.05) is 18.2 Å². The third-order valence-electron chi connectivity index (χ3n) is 2.05. The Kier molecular flexibility index (Phi) is 3.19. The molecule has 0 aliphatic rings. The summed E-state index contributed by atoms with van der Waals surface area (Å²) in [5, 5.41) is 9.88. The van der Waals surface area contributed by atoms with E-state index in [1.807, 2.05) is 0 Å². The van der Waals surface area contributed by atoms with Crippen molar-refractivity contribution in [2.24, 2.45) is 0 Å². The Hall–Kier alpha value is -1.42. The van der Waals surface area contributed by atoms with Gasteiger partial charge < -0.3 is 14.6 Å². The molecule has 76 valence electrons. The van der Waals surface area contributed by atoms with Crippen LogP contribution in [0.15, 0.2) is 18.5 Å². The highest BCUT2D eigenvalue weighted by Gasteiger charge is 2.23. The van der Waals surface area contributed by atoms with Gasteiger partial charge in [-0.2, -0.15) is 0 Å². The Morgan fingerprint density at radius 1 is 1.64 bits per heavy atom. The molecule has 1 atom stereocenters. The highest BCUT2D eigenvalue weighted by atomic mass is 16.5. The van der Waals surface area contributed by atoms with Gasteiger partial charge in [0.15, 0.2) is 0 Å². The highest BCUT2D eigenvalue weighted by molar-refractivity contribution is 5.52. The Morgan fingerprint density at radius 2 is 2.36 bits per heavy atom. The van der Waals surface area contributed by atoms with Crippen molar-refractivity contribution in [2.45, 2.75) is 18.9 Å². The average Bonchev–Trinajstić information content (AvgIpc) is 2.18. The summed E-state index contributed by atoms with van der Waals surface area (Å²) in [6.45, 7) is 1.57. The zero-order valence-corrected chi connectivity index (χ0v) is 8.23. The van der Waals surface area contributed by atoms with Gasteiger partial charge >= 0.3 is 0 Å². The summed E-state index contributed by atoms with van der Waals surface area (Å²) >= 11 is 0. The summed E-state index contributed by atoms with van der Waals surface area (Å²) in [4.78, 5) is 14.2. The second-order valence-electron chi connectivity index (χ2n) is 3.26. The molecule has 1 rings (SSSR count). The number of carbonyl (C=O) groups is 1. The number of rotatable bonds is 4. The first-order chi connectivity index (χ1) is 6.60. The normalized spacial score (nSPS) is 14.5. The molecule has 0 fully saturated rings. The lowest BCUT2D eigenvalue weighted by Gasteiger charge is -2.20. The minimum absolute atomic E-state index is 0.0435. The number of aliphatic hydroxyl groups is 1. The van der Waals surface area contributed by atoms with Crippen LogP contribution in [0.4, 0.5) is 0 Å². The number of hydrogen-bond acceptors (Lipinski definition) is 4. The number of aldehydes is 1. The first-order valence-electron chi connectivity index (χ1n) is 4.25. The van der Waals surface area contributed by atoms with Crippen LogP contribution in [0, 0.1) is 0 Å². The highest BCUT2D eigenvalue weighted by Crippen LogP contribution is 2.25. The number of ether oxygens (including phenoxy) is 1. The molecule has 14 heavy (non-hydrogen) atoms. The molecular weight excluding hydrogens is 182 g/mol. The minimum Gasteiger partial charge on any atom is -0.495 e. The van der Waals surface area contributed by atoms with Crippen molar-refractivity contribution in [2.75, 3.05) is 7.11 Å². The lowest BCUT2D eigenvalue weighted by atomic mass is 9.95. The maximum absolute atomic E-state index is 10.3. The predicted octanol–water partition coefficient (Wildman–Crippen LogP) is 0.887. The van der Waals surface area contributed by atoms with Crippen molar-refractivity contribution in [1.29, 1.82) is 0 Å².